The first-order valence-electron chi connectivity index (χ1n) is 6.03. The van der Waals surface area contributed by atoms with Gasteiger partial charge in [0, 0.05) is 20.1 Å². The topological polar surface area (TPSA) is 79.0 Å². The summed E-state index contributed by atoms with van der Waals surface area (Å²) >= 11 is 0. The smallest absolute Gasteiger partial charge is 0.226 e. The second-order valence-corrected chi connectivity index (χ2v) is 4.35. The Morgan fingerprint density at radius 3 is 3.17 bits per heavy atom. The molecule has 3 heterocycles. The van der Waals surface area contributed by atoms with Gasteiger partial charge in [-0.1, -0.05) is 0 Å². The van der Waals surface area contributed by atoms with E-state index in [4.69, 9.17) is 4.74 Å². The summed E-state index contributed by atoms with van der Waals surface area (Å²) in [5, 5.41) is 2.97. The van der Waals surface area contributed by atoms with Crippen molar-refractivity contribution in [3.63, 3.8) is 0 Å². The Labute approximate surface area is 105 Å². The van der Waals surface area contributed by atoms with E-state index in [0.717, 1.165) is 31.0 Å². The van der Waals surface area contributed by atoms with Crippen LogP contribution in [-0.4, -0.2) is 52.8 Å². The fourth-order valence-corrected chi connectivity index (χ4v) is 2.17. The minimum Gasteiger partial charge on any atom is -0.375 e. The van der Waals surface area contributed by atoms with Gasteiger partial charge < -0.3 is 19.9 Å². The van der Waals surface area contributed by atoms with Crippen LogP contribution < -0.4 is 10.2 Å². The monoisotopic (exact) mass is 248 g/mol. The van der Waals surface area contributed by atoms with Crippen molar-refractivity contribution >= 4 is 22.9 Å². The van der Waals surface area contributed by atoms with Gasteiger partial charge in [-0.3, -0.25) is 0 Å². The minimum atomic E-state index is 0.213. The van der Waals surface area contributed by atoms with Gasteiger partial charge in [-0.25, -0.2) is 4.98 Å². The summed E-state index contributed by atoms with van der Waals surface area (Å²) in [6.45, 7) is 4.44. The molecule has 0 aliphatic carbocycles. The Kier molecular flexibility index (Phi) is 2.75. The van der Waals surface area contributed by atoms with E-state index in [1.54, 1.807) is 13.4 Å². The molecular formula is C11H16N6O. The van der Waals surface area contributed by atoms with Crippen LogP contribution in [0.3, 0.4) is 0 Å². The Morgan fingerprint density at radius 2 is 2.39 bits per heavy atom. The van der Waals surface area contributed by atoms with E-state index < -0.39 is 0 Å². The SMILES string of the molecule is CNc1nc(N2CCOC(C)C2)c2[nH]cnc2n1. The first-order valence-corrected chi connectivity index (χ1v) is 6.03. The lowest BCUT2D eigenvalue weighted by Gasteiger charge is -2.32. The highest BCUT2D eigenvalue weighted by molar-refractivity contribution is 5.84. The van der Waals surface area contributed by atoms with Crippen LogP contribution in [0.1, 0.15) is 6.92 Å². The van der Waals surface area contributed by atoms with Gasteiger partial charge in [-0.2, -0.15) is 9.97 Å². The molecule has 2 aromatic rings. The second kappa shape index (κ2) is 4.41. The van der Waals surface area contributed by atoms with Crippen LogP contribution in [0.25, 0.3) is 11.2 Å². The molecule has 1 unspecified atom stereocenters. The number of ether oxygens (including phenoxy) is 1. The number of morpholine rings is 1. The summed E-state index contributed by atoms with van der Waals surface area (Å²) in [4.78, 5) is 18.3. The summed E-state index contributed by atoms with van der Waals surface area (Å²) in [6, 6.07) is 0. The molecule has 0 aromatic carbocycles. The molecule has 2 aromatic heterocycles. The van der Waals surface area contributed by atoms with Crippen molar-refractivity contribution in [2.45, 2.75) is 13.0 Å². The van der Waals surface area contributed by atoms with Gasteiger partial charge in [0.15, 0.2) is 11.5 Å². The predicted molar refractivity (Wildman–Crippen MR) is 68.9 cm³/mol. The molecule has 18 heavy (non-hydrogen) atoms. The van der Waals surface area contributed by atoms with Crippen LogP contribution in [0.5, 0.6) is 0 Å². The van der Waals surface area contributed by atoms with E-state index in [2.05, 4.69) is 37.1 Å². The van der Waals surface area contributed by atoms with E-state index in [1.165, 1.54) is 0 Å². The number of fused-ring (bicyclic) bond motifs is 1. The Bertz CT molecular complexity index is 553. The Morgan fingerprint density at radius 1 is 1.50 bits per heavy atom. The number of anilines is 2. The number of imidazole rings is 1. The highest BCUT2D eigenvalue weighted by Crippen LogP contribution is 2.24. The lowest BCUT2D eigenvalue weighted by molar-refractivity contribution is 0.0530. The van der Waals surface area contributed by atoms with Crippen molar-refractivity contribution in [1.82, 2.24) is 19.9 Å². The largest absolute Gasteiger partial charge is 0.375 e. The van der Waals surface area contributed by atoms with Crippen LogP contribution in [-0.2, 0) is 4.74 Å². The number of aromatic amines is 1. The molecule has 0 radical (unpaired) electrons. The Balaban J connectivity index is 2.05. The van der Waals surface area contributed by atoms with E-state index in [1.807, 2.05) is 0 Å². The molecule has 7 nitrogen and oxygen atoms in total. The van der Waals surface area contributed by atoms with Gasteiger partial charge in [0.25, 0.3) is 0 Å². The van der Waals surface area contributed by atoms with Crippen LogP contribution in [0.15, 0.2) is 6.33 Å². The highest BCUT2D eigenvalue weighted by Gasteiger charge is 2.21. The number of nitrogens with one attached hydrogen (secondary N) is 2. The first-order chi connectivity index (χ1) is 8.78. The lowest BCUT2D eigenvalue weighted by atomic mass is 10.3. The van der Waals surface area contributed by atoms with E-state index in [0.29, 0.717) is 11.6 Å². The molecule has 1 atom stereocenters. The zero-order valence-corrected chi connectivity index (χ0v) is 10.5. The fraction of sp³-hybridized carbons (Fsp3) is 0.545. The fourth-order valence-electron chi connectivity index (χ4n) is 2.17. The molecular weight excluding hydrogens is 232 g/mol. The summed E-state index contributed by atoms with van der Waals surface area (Å²) < 4.78 is 5.55. The van der Waals surface area contributed by atoms with Crippen molar-refractivity contribution in [3.8, 4) is 0 Å². The molecule has 1 aliphatic rings. The molecule has 0 bridgehead atoms. The van der Waals surface area contributed by atoms with Gasteiger partial charge in [0.05, 0.1) is 19.0 Å². The number of hydrogen-bond donors (Lipinski definition) is 2. The van der Waals surface area contributed by atoms with Crippen molar-refractivity contribution in [3.05, 3.63) is 6.33 Å². The van der Waals surface area contributed by atoms with Crippen molar-refractivity contribution in [2.24, 2.45) is 0 Å². The average molecular weight is 248 g/mol. The normalized spacial score (nSPS) is 20.3. The van der Waals surface area contributed by atoms with E-state index >= 15 is 0 Å². The molecule has 1 fully saturated rings. The zero-order chi connectivity index (χ0) is 12.5. The van der Waals surface area contributed by atoms with E-state index in [9.17, 15) is 0 Å². The average Bonchev–Trinajstić information content (AvgIpc) is 2.85. The van der Waals surface area contributed by atoms with Crippen LogP contribution in [0.4, 0.5) is 11.8 Å². The van der Waals surface area contributed by atoms with Crippen molar-refractivity contribution in [1.29, 1.82) is 0 Å². The molecule has 1 aliphatic heterocycles. The highest BCUT2D eigenvalue weighted by atomic mass is 16.5. The zero-order valence-electron chi connectivity index (χ0n) is 10.5. The molecule has 3 rings (SSSR count). The number of rotatable bonds is 2. The summed E-state index contributed by atoms with van der Waals surface area (Å²) in [5.41, 5.74) is 1.56. The third-order valence-electron chi connectivity index (χ3n) is 3.03. The molecule has 0 spiro atoms. The number of hydrogen-bond acceptors (Lipinski definition) is 6. The number of H-pyrrole nitrogens is 1. The summed E-state index contributed by atoms with van der Waals surface area (Å²) in [7, 11) is 1.81. The standard InChI is InChI=1S/C11H16N6O/c1-7-5-17(3-4-18-7)10-8-9(14-6-13-8)15-11(12-2)16-10/h6-7H,3-5H2,1-2H3,(H2,12,13,14,15,16). The van der Waals surface area contributed by atoms with Gasteiger partial charge in [0.1, 0.15) is 5.52 Å². The molecule has 96 valence electrons. The summed E-state index contributed by atoms with van der Waals surface area (Å²) in [5.74, 6) is 1.47. The van der Waals surface area contributed by atoms with Crippen molar-refractivity contribution < 1.29 is 4.74 Å². The molecule has 0 saturated carbocycles. The maximum Gasteiger partial charge on any atom is 0.226 e. The molecule has 2 N–H and O–H groups in total. The predicted octanol–water partition coefficient (Wildman–Crippen LogP) is 0.620. The number of aromatic nitrogens is 4. The van der Waals surface area contributed by atoms with Gasteiger partial charge >= 0.3 is 0 Å². The quantitative estimate of drug-likeness (QED) is 0.811. The van der Waals surface area contributed by atoms with Crippen LogP contribution in [0, 0.1) is 0 Å². The maximum absolute atomic E-state index is 5.55. The van der Waals surface area contributed by atoms with E-state index in [-0.39, 0.29) is 6.10 Å². The maximum atomic E-state index is 5.55. The molecule has 0 amide bonds. The van der Waals surface area contributed by atoms with Gasteiger partial charge in [-0.15, -0.1) is 0 Å². The molecule has 7 heteroatoms. The second-order valence-electron chi connectivity index (χ2n) is 4.35. The van der Waals surface area contributed by atoms with Crippen LogP contribution >= 0.6 is 0 Å². The Hall–Kier alpha value is -1.89. The lowest BCUT2D eigenvalue weighted by Crippen LogP contribution is -2.41. The van der Waals surface area contributed by atoms with Crippen molar-refractivity contribution in [2.75, 3.05) is 37.0 Å². The molecule has 1 saturated heterocycles. The van der Waals surface area contributed by atoms with Gasteiger partial charge in [0.2, 0.25) is 5.95 Å². The summed E-state index contributed by atoms with van der Waals surface area (Å²) in [6.07, 6.45) is 1.86. The third kappa shape index (κ3) is 1.86. The number of nitrogens with zero attached hydrogens (tertiary/aromatic N) is 4. The first kappa shape index (κ1) is 11.2. The third-order valence-corrected chi connectivity index (χ3v) is 3.03. The minimum absolute atomic E-state index is 0.213. The van der Waals surface area contributed by atoms with Gasteiger partial charge in [-0.05, 0) is 6.92 Å². The van der Waals surface area contributed by atoms with Crippen LogP contribution in [0.2, 0.25) is 0 Å².